The van der Waals surface area contributed by atoms with Crippen LogP contribution in [0.1, 0.15) is 11.1 Å². The normalized spacial score (nSPS) is 11.8. The molecule has 0 atom stereocenters. The fourth-order valence-electron chi connectivity index (χ4n) is 9.55. The second-order valence-electron chi connectivity index (χ2n) is 15.8. The topological polar surface area (TPSA) is 30.7 Å². The molecule has 12 aromatic rings. The van der Waals surface area contributed by atoms with E-state index < -0.39 is 0 Å². The van der Waals surface area contributed by atoms with Crippen LogP contribution in [-0.4, -0.2) is 14.5 Å². The maximum atomic E-state index is 5.28. The summed E-state index contributed by atoms with van der Waals surface area (Å²) < 4.78 is 3.68. The number of hydrogen-bond donors (Lipinski definition) is 0. The number of para-hydroxylation sites is 1. The highest BCUT2D eigenvalue weighted by molar-refractivity contribution is 7.25. The summed E-state index contributed by atoms with van der Waals surface area (Å²) in [6, 6.07) is 67.9. The van der Waals surface area contributed by atoms with Gasteiger partial charge in [0.1, 0.15) is 10.3 Å². The molecule has 0 bridgehead atoms. The highest BCUT2D eigenvalue weighted by atomic mass is 32.1. The molecule has 0 spiro atoms. The van der Waals surface area contributed by atoms with Gasteiger partial charge in [0, 0.05) is 37.7 Å². The van der Waals surface area contributed by atoms with Crippen molar-refractivity contribution in [1.82, 2.24) is 14.5 Å². The van der Waals surface area contributed by atoms with E-state index in [0.29, 0.717) is 0 Å². The Morgan fingerprint density at radius 2 is 1.02 bits per heavy atom. The monoisotopic (exact) mass is 783 g/mol. The van der Waals surface area contributed by atoms with E-state index in [0.717, 1.165) is 55.1 Å². The van der Waals surface area contributed by atoms with Crippen molar-refractivity contribution >= 4 is 75.1 Å². The number of fused-ring (bicyclic) bond motifs is 9. The van der Waals surface area contributed by atoms with Gasteiger partial charge >= 0.3 is 0 Å². The summed E-state index contributed by atoms with van der Waals surface area (Å²) in [6.45, 7) is 4.57. The van der Waals surface area contributed by atoms with Crippen LogP contribution in [0.5, 0.6) is 0 Å². The van der Waals surface area contributed by atoms with Crippen LogP contribution in [0.2, 0.25) is 0 Å². The van der Waals surface area contributed by atoms with E-state index in [1.54, 1.807) is 11.3 Å². The Bertz CT molecular complexity index is 3650. The van der Waals surface area contributed by atoms with Crippen LogP contribution in [0.15, 0.2) is 188 Å². The Balaban J connectivity index is 0.993. The third-order valence-electron chi connectivity index (χ3n) is 12.3. The molecule has 3 aromatic heterocycles. The largest absolute Gasteiger partial charge is 0.309 e. The fraction of sp³-hybridized carbons (Fsp3) is 0.0357. The van der Waals surface area contributed by atoms with E-state index in [1.165, 1.54) is 70.3 Å². The predicted molar refractivity (Wildman–Crippen MR) is 255 cm³/mol. The maximum Gasteiger partial charge on any atom is 0.143 e. The van der Waals surface area contributed by atoms with Gasteiger partial charge in [0.25, 0.3) is 0 Å². The van der Waals surface area contributed by atoms with E-state index in [1.807, 2.05) is 6.07 Å². The van der Waals surface area contributed by atoms with Gasteiger partial charge in [-0.2, -0.15) is 0 Å². The zero-order valence-corrected chi connectivity index (χ0v) is 34.0. The highest BCUT2D eigenvalue weighted by Crippen LogP contribution is 2.47. The average Bonchev–Trinajstić information content (AvgIpc) is 3.86. The molecule has 0 aliphatic rings. The van der Waals surface area contributed by atoms with E-state index in [2.05, 4.69) is 200 Å². The number of aryl methyl sites for hydroxylation is 2. The van der Waals surface area contributed by atoms with Crippen LogP contribution < -0.4 is 0 Å². The van der Waals surface area contributed by atoms with Gasteiger partial charge in [-0.1, -0.05) is 164 Å². The summed E-state index contributed by atoms with van der Waals surface area (Å²) in [5.41, 5.74) is 16.0. The molecule has 0 saturated heterocycles. The first kappa shape index (κ1) is 34.6. The van der Waals surface area contributed by atoms with Crippen LogP contribution in [0.25, 0.3) is 114 Å². The van der Waals surface area contributed by atoms with E-state index >= 15 is 0 Å². The molecule has 0 N–H and O–H groups in total. The molecule has 0 unspecified atom stereocenters. The van der Waals surface area contributed by atoms with Crippen LogP contribution in [0.3, 0.4) is 0 Å². The maximum absolute atomic E-state index is 5.28. The quantitative estimate of drug-likeness (QED) is 0.174. The predicted octanol–water partition coefficient (Wildman–Crippen LogP) is 15.5. The average molecular weight is 784 g/mol. The first-order chi connectivity index (χ1) is 29.6. The lowest BCUT2D eigenvalue weighted by Gasteiger charge is -2.19. The Labute approximate surface area is 351 Å². The first-order valence-electron chi connectivity index (χ1n) is 20.5. The van der Waals surface area contributed by atoms with E-state index in [4.69, 9.17) is 9.97 Å². The van der Waals surface area contributed by atoms with Crippen LogP contribution in [0, 0.1) is 13.8 Å². The van der Waals surface area contributed by atoms with Crippen molar-refractivity contribution in [3.63, 3.8) is 0 Å². The van der Waals surface area contributed by atoms with Crippen molar-refractivity contribution in [2.45, 2.75) is 13.8 Å². The highest BCUT2D eigenvalue weighted by Gasteiger charge is 2.23. The summed E-state index contributed by atoms with van der Waals surface area (Å²) in [5, 5.41) is 8.82. The van der Waals surface area contributed by atoms with Crippen LogP contribution in [0.4, 0.5) is 0 Å². The van der Waals surface area contributed by atoms with Gasteiger partial charge in [-0.25, -0.2) is 9.97 Å². The molecule has 3 heterocycles. The molecule has 0 aliphatic heterocycles. The van der Waals surface area contributed by atoms with Crippen molar-refractivity contribution in [3.8, 4) is 50.5 Å². The number of benzene rings is 9. The Morgan fingerprint density at radius 1 is 0.433 bits per heavy atom. The molecular weight excluding hydrogens is 747 g/mol. The zero-order chi connectivity index (χ0) is 39.9. The Morgan fingerprint density at radius 3 is 1.80 bits per heavy atom. The third kappa shape index (κ3) is 5.28. The molecule has 60 heavy (non-hydrogen) atoms. The summed E-state index contributed by atoms with van der Waals surface area (Å²) in [5.74, 6) is 0. The summed E-state index contributed by atoms with van der Waals surface area (Å²) in [4.78, 5) is 11.5. The second kappa shape index (κ2) is 13.6. The summed E-state index contributed by atoms with van der Waals surface area (Å²) in [7, 11) is 0. The minimum absolute atomic E-state index is 0.898. The van der Waals surface area contributed by atoms with Crippen molar-refractivity contribution < 1.29 is 0 Å². The number of nitrogens with zero attached hydrogens (tertiary/aromatic N) is 3. The van der Waals surface area contributed by atoms with Crippen LogP contribution >= 0.6 is 11.3 Å². The van der Waals surface area contributed by atoms with E-state index in [9.17, 15) is 0 Å². The van der Waals surface area contributed by atoms with Crippen molar-refractivity contribution in [2.24, 2.45) is 0 Å². The number of rotatable bonds is 5. The molecule has 0 amide bonds. The lowest BCUT2D eigenvalue weighted by molar-refractivity contribution is 1.17. The fourth-order valence-corrected chi connectivity index (χ4v) is 10.6. The molecule has 12 rings (SSSR count). The minimum Gasteiger partial charge on any atom is -0.309 e. The van der Waals surface area contributed by atoms with Gasteiger partial charge in [0.2, 0.25) is 0 Å². The standard InChI is InChI=1S/C56H37N3S/c1-34-24-25-38-14-6-7-17-42(38)49(34)50-35(2)55-51(44-19-9-8-18-43(44)50)45-20-10-12-22-47(45)59(55)41-32-30-37(31-33-41)36-26-28-40(29-27-36)53-52(39-15-4-3-5-16-39)57-54-46-21-11-13-23-48(46)60-56(54)58-53/h3-33H,1-2H3. The number of thiophene rings is 1. The molecule has 3 nitrogen and oxygen atoms in total. The van der Waals surface area contributed by atoms with Gasteiger partial charge in [-0.15, -0.1) is 11.3 Å². The van der Waals surface area contributed by atoms with Gasteiger partial charge in [-0.05, 0) is 93.0 Å². The molecule has 282 valence electrons. The van der Waals surface area contributed by atoms with Crippen molar-refractivity contribution in [3.05, 3.63) is 199 Å². The zero-order valence-electron chi connectivity index (χ0n) is 33.1. The molecule has 0 fully saturated rings. The lowest BCUT2D eigenvalue weighted by atomic mass is 9.86. The molecule has 0 saturated carbocycles. The molecule has 9 aromatic carbocycles. The first-order valence-corrected chi connectivity index (χ1v) is 21.3. The van der Waals surface area contributed by atoms with Crippen molar-refractivity contribution in [1.29, 1.82) is 0 Å². The summed E-state index contributed by atoms with van der Waals surface area (Å²) in [6.07, 6.45) is 0. The minimum atomic E-state index is 0.898. The van der Waals surface area contributed by atoms with Crippen molar-refractivity contribution in [2.75, 3.05) is 0 Å². The second-order valence-corrected chi connectivity index (χ2v) is 16.8. The van der Waals surface area contributed by atoms with Crippen LogP contribution in [-0.2, 0) is 0 Å². The van der Waals surface area contributed by atoms with E-state index in [-0.39, 0.29) is 0 Å². The number of hydrogen-bond acceptors (Lipinski definition) is 3. The molecule has 0 radical (unpaired) electrons. The van der Waals surface area contributed by atoms with Gasteiger partial charge in [0.15, 0.2) is 0 Å². The SMILES string of the molecule is Cc1ccc2ccccc2c1-c1c(C)c2c(c3ccccc13)c1ccccc1n2-c1ccc(-c2ccc(-c3nc4sc5ccccc5c4nc3-c3ccccc3)cc2)cc1. The molecule has 0 aliphatic carbocycles. The Hall–Kier alpha value is -7.40. The van der Waals surface area contributed by atoms with Gasteiger partial charge < -0.3 is 4.57 Å². The number of aromatic nitrogens is 3. The molecular formula is C56H37N3S. The molecule has 4 heteroatoms. The lowest BCUT2D eigenvalue weighted by Crippen LogP contribution is -1.98. The third-order valence-corrected chi connectivity index (χ3v) is 13.4. The summed E-state index contributed by atoms with van der Waals surface area (Å²) >= 11 is 1.70. The van der Waals surface area contributed by atoms with Gasteiger partial charge in [0.05, 0.1) is 22.4 Å². The smallest absolute Gasteiger partial charge is 0.143 e. The Kier molecular flexibility index (Phi) is 7.84. The van der Waals surface area contributed by atoms with Gasteiger partial charge in [-0.3, -0.25) is 0 Å².